The summed E-state index contributed by atoms with van der Waals surface area (Å²) in [5.74, 6) is 0. The molecule has 0 aromatic heterocycles. The first-order valence-electron chi connectivity index (χ1n) is 5.92. The van der Waals surface area contributed by atoms with Crippen LogP contribution in [0.25, 0.3) is 0 Å². The van der Waals surface area contributed by atoms with Crippen molar-refractivity contribution in [2.24, 2.45) is 5.73 Å². The maximum Gasteiger partial charge on any atom is 0.412 e. The second-order valence-electron chi connectivity index (χ2n) is 4.36. The molecule has 0 unspecified atom stereocenters. The van der Waals surface area contributed by atoms with Gasteiger partial charge in [-0.1, -0.05) is 23.7 Å². The van der Waals surface area contributed by atoms with E-state index in [0.29, 0.717) is 11.6 Å². The maximum absolute atomic E-state index is 12.6. The van der Waals surface area contributed by atoms with Gasteiger partial charge in [0.1, 0.15) is 0 Å². The summed E-state index contributed by atoms with van der Waals surface area (Å²) in [7, 11) is 0. The number of benzene rings is 1. The average molecular weight is 291 g/mol. The summed E-state index contributed by atoms with van der Waals surface area (Å²) in [6, 6.07) is 5.34. The summed E-state index contributed by atoms with van der Waals surface area (Å²) < 4.78 is 37.7. The second kappa shape index (κ2) is 5.43. The number of hydrogen-bond donors (Lipinski definition) is 1. The maximum atomic E-state index is 12.6. The molecule has 1 heterocycles. The Morgan fingerprint density at radius 2 is 2.05 bits per heavy atom. The van der Waals surface area contributed by atoms with Gasteiger partial charge < -0.3 is 10.6 Å². The molecule has 0 amide bonds. The molecule has 1 aliphatic rings. The number of nitrogens with zero attached hydrogens (tertiary/aromatic N) is 1. The molecule has 0 saturated carbocycles. The van der Waals surface area contributed by atoms with Gasteiger partial charge in [0.25, 0.3) is 0 Å². The molecule has 1 aromatic carbocycles. The van der Waals surface area contributed by atoms with E-state index in [1.54, 1.807) is 12.1 Å². The molecule has 2 rings (SSSR count). The zero-order valence-corrected chi connectivity index (χ0v) is 10.9. The Kier molecular flexibility index (Phi) is 4.06. The van der Waals surface area contributed by atoms with E-state index < -0.39 is 11.7 Å². The zero-order valence-electron chi connectivity index (χ0n) is 10.2. The fourth-order valence-electron chi connectivity index (χ4n) is 2.19. The molecular weight excluding hydrogens is 277 g/mol. The van der Waals surface area contributed by atoms with E-state index in [1.807, 2.05) is 11.0 Å². The van der Waals surface area contributed by atoms with Crippen molar-refractivity contribution in [3.05, 3.63) is 40.4 Å². The molecule has 1 aliphatic heterocycles. The Hall–Kier alpha value is -1.20. The summed E-state index contributed by atoms with van der Waals surface area (Å²) in [5, 5.41) is 0.547. The minimum Gasteiger partial charge on any atom is -0.367 e. The predicted molar refractivity (Wildman–Crippen MR) is 70.3 cm³/mol. The third-order valence-corrected chi connectivity index (χ3v) is 3.57. The fourth-order valence-corrected chi connectivity index (χ4v) is 2.44. The standard InChI is InChI=1S/C13H14ClF3N2/c14-11-2-1-3-12(10(11)8-18)19-6-4-9(5-7-19)13(15,16)17/h1-4H,5-8,18H2. The molecule has 104 valence electrons. The van der Waals surface area contributed by atoms with Crippen molar-refractivity contribution < 1.29 is 13.2 Å². The minimum atomic E-state index is -4.23. The Bertz CT molecular complexity index is 497. The van der Waals surface area contributed by atoms with Gasteiger partial charge in [-0.25, -0.2) is 0 Å². The monoisotopic (exact) mass is 290 g/mol. The van der Waals surface area contributed by atoms with Crippen molar-refractivity contribution in [2.45, 2.75) is 19.1 Å². The van der Waals surface area contributed by atoms with Gasteiger partial charge >= 0.3 is 6.18 Å². The number of halogens is 4. The Labute approximate surface area is 114 Å². The van der Waals surface area contributed by atoms with E-state index in [2.05, 4.69) is 0 Å². The Balaban J connectivity index is 2.23. The molecule has 0 atom stereocenters. The van der Waals surface area contributed by atoms with E-state index in [1.165, 1.54) is 6.08 Å². The summed E-state index contributed by atoms with van der Waals surface area (Å²) in [6.45, 7) is 0.808. The number of alkyl halides is 3. The van der Waals surface area contributed by atoms with Crippen molar-refractivity contribution in [2.75, 3.05) is 18.0 Å². The minimum absolute atomic E-state index is 0.0139. The normalized spacial score (nSPS) is 16.5. The van der Waals surface area contributed by atoms with E-state index in [-0.39, 0.29) is 19.5 Å². The SMILES string of the molecule is NCc1c(Cl)cccc1N1CC=C(C(F)(F)F)CC1. The molecular formula is C13H14ClF3N2. The number of rotatable bonds is 2. The lowest BCUT2D eigenvalue weighted by atomic mass is 10.1. The van der Waals surface area contributed by atoms with Crippen LogP contribution in [0.5, 0.6) is 0 Å². The van der Waals surface area contributed by atoms with Crippen LogP contribution in [0.2, 0.25) is 5.02 Å². The fraction of sp³-hybridized carbons (Fsp3) is 0.385. The van der Waals surface area contributed by atoms with Crippen LogP contribution in [0.4, 0.5) is 18.9 Å². The highest BCUT2D eigenvalue weighted by atomic mass is 35.5. The number of hydrogen-bond acceptors (Lipinski definition) is 2. The van der Waals surface area contributed by atoms with Crippen molar-refractivity contribution in [1.29, 1.82) is 0 Å². The molecule has 19 heavy (non-hydrogen) atoms. The highest BCUT2D eigenvalue weighted by molar-refractivity contribution is 6.31. The van der Waals surface area contributed by atoms with Crippen LogP contribution in [0.15, 0.2) is 29.8 Å². The molecule has 0 bridgehead atoms. The van der Waals surface area contributed by atoms with Gasteiger partial charge in [0, 0.05) is 41.5 Å². The van der Waals surface area contributed by atoms with Crippen molar-refractivity contribution in [1.82, 2.24) is 0 Å². The average Bonchev–Trinajstić information content (AvgIpc) is 2.37. The smallest absolute Gasteiger partial charge is 0.367 e. The third kappa shape index (κ3) is 3.04. The Morgan fingerprint density at radius 1 is 1.32 bits per heavy atom. The molecule has 2 N–H and O–H groups in total. The lowest BCUT2D eigenvalue weighted by molar-refractivity contribution is -0.0943. The molecule has 0 spiro atoms. The first kappa shape index (κ1) is 14.2. The van der Waals surface area contributed by atoms with Crippen molar-refractivity contribution in [3.63, 3.8) is 0 Å². The molecule has 2 nitrogen and oxygen atoms in total. The molecule has 0 radical (unpaired) electrons. The first-order valence-corrected chi connectivity index (χ1v) is 6.30. The highest BCUT2D eigenvalue weighted by Crippen LogP contribution is 2.33. The molecule has 0 fully saturated rings. The molecule has 6 heteroatoms. The lowest BCUT2D eigenvalue weighted by Gasteiger charge is -2.30. The quantitative estimate of drug-likeness (QED) is 0.845. The summed E-state index contributed by atoms with van der Waals surface area (Å²) in [5.41, 5.74) is 6.77. The zero-order chi connectivity index (χ0) is 14.0. The largest absolute Gasteiger partial charge is 0.412 e. The summed E-state index contributed by atoms with van der Waals surface area (Å²) in [6.07, 6.45) is -3.01. The summed E-state index contributed by atoms with van der Waals surface area (Å²) >= 11 is 6.05. The van der Waals surface area contributed by atoms with E-state index in [0.717, 1.165) is 11.3 Å². The van der Waals surface area contributed by atoms with Crippen LogP contribution in [0, 0.1) is 0 Å². The van der Waals surface area contributed by atoms with Crippen LogP contribution in [-0.4, -0.2) is 19.3 Å². The van der Waals surface area contributed by atoms with Gasteiger partial charge in [-0.05, 0) is 18.6 Å². The van der Waals surface area contributed by atoms with Gasteiger partial charge in [0.05, 0.1) is 0 Å². The van der Waals surface area contributed by atoms with Crippen molar-refractivity contribution in [3.8, 4) is 0 Å². The number of anilines is 1. The predicted octanol–water partition coefficient (Wildman–Crippen LogP) is 3.50. The van der Waals surface area contributed by atoms with E-state index >= 15 is 0 Å². The van der Waals surface area contributed by atoms with Gasteiger partial charge in [-0.3, -0.25) is 0 Å². The summed E-state index contributed by atoms with van der Waals surface area (Å²) in [4.78, 5) is 1.86. The molecule has 1 aromatic rings. The van der Waals surface area contributed by atoms with Crippen LogP contribution in [0.3, 0.4) is 0 Å². The van der Waals surface area contributed by atoms with E-state index in [4.69, 9.17) is 17.3 Å². The molecule has 0 saturated heterocycles. The topological polar surface area (TPSA) is 29.3 Å². The van der Waals surface area contributed by atoms with Gasteiger partial charge in [-0.2, -0.15) is 13.2 Å². The molecule has 0 aliphatic carbocycles. The number of nitrogens with two attached hydrogens (primary N) is 1. The van der Waals surface area contributed by atoms with Gasteiger partial charge in [0.15, 0.2) is 0 Å². The van der Waals surface area contributed by atoms with Gasteiger partial charge in [0.2, 0.25) is 0 Å². The first-order chi connectivity index (χ1) is 8.93. The highest BCUT2D eigenvalue weighted by Gasteiger charge is 2.34. The second-order valence-corrected chi connectivity index (χ2v) is 4.77. The van der Waals surface area contributed by atoms with Crippen LogP contribution in [0.1, 0.15) is 12.0 Å². The Morgan fingerprint density at radius 3 is 2.58 bits per heavy atom. The van der Waals surface area contributed by atoms with Gasteiger partial charge in [-0.15, -0.1) is 0 Å². The lowest BCUT2D eigenvalue weighted by Crippen LogP contribution is -2.32. The third-order valence-electron chi connectivity index (χ3n) is 3.21. The van der Waals surface area contributed by atoms with Crippen molar-refractivity contribution >= 4 is 17.3 Å². The van der Waals surface area contributed by atoms with Crippen LogP contribution < -0.4 is 10.6 Å². The van der Waals surface area contributed by atoms with Crippen LogP contribution >= 0.6 is 11.6 Å². The van der Waals surface area contributed by atoms with E-state index in [9.17, 15) is 13.2 Å². The van der Waals surface area contributed by atoms with Crippen LogP contribution in [-0.2, 0) is 6.54 Å².